The Morgan fingerprint density at radius 1 is 0.611 bits per heavy atom. The number of fused-ring (bicyclic) bond motifs is 6. The van der Waals surface area contributed by atoms with Gasteiger partial charge in [0.15, 0.2) is 11.4 Å². The van der Waals surface area contributed by atoms with Crippen LogP contribution in [-0.4, -0.2) is 120 Å². The molecule has 4 aromatic rings. The summed E-state index contributed by atoms with van der Waals surface area (Å²) in [5, 5.41) is 23.1. The molecule has 0 aliphatic carbocycles. The Hall–Kier alpha value is -4.91. The number of amides is 3. The van der Waals surface area contributed by atoms with Crippen LogP contribution in [0.4, 0.5) is 4.79 Å². The lowest BCUT2D eigenvalue weighted by atomic mass is 9.78. The topological polar surface area (TPSA) is 191 Å². The smallest absolute Gasteiger partial charge is 0.410 e. The third kappa shape index (κ3) is 12.9. The van der Waals surface area contributed by atoms with Crippen molar-refractivity contribution in [3.8, 4) is 0 Å². The molecule has 4 atom stereocenters. The highest BCUT2D eigenvalue weighted by atomic mass is 35.5. The van der Waals surface area contributed by atoms with Crippen molar-refractivity contribution < 1.29 is 43.3 Å². The van der Waals surface area contributed by atoms with E-state index in [-0.39, 0.29) is 73.0 Å². The van der Waals surface area contributed by atoms with Crippen LogP contribution in [0.2, 0.25) is 20.1 Å². The van der Waals surface area contributed by atoms with Crippen LogP contribution >= 0.6 is 46.4 Å². The number of esters is 2. The van der Waals surface area contributed by atoms with E-state index in [1.807, 2.05) is 34.4 Å². The minimum absolute atomic E-state index is 0.0135. The number of carbonyl (C=O) groups excluding carboxylic acids is 5. The highest BCUT2D eigenvalue weighted by Gasteiger charge is 2.46. The van der Waals surface area contributed by atoms with Crippen LogP contribution in [0.5, 0.6) is 0 Å². The predicted octanol–water partition coefficient (Wildman–Crippen LogP) is 8.49. The number of nitrogens with zero attached hydrogens (tertiary/aromatic N) is 7. The van der Waals surface area contributed by atoms with Crippen LogP contribution in [0.15, 0.2) is 48.5 Å². The molecule has 10 rings (SSSR count). The summed E-state index contributed by atoms with van der Waals surface area (Å²) in [7, 11) is 0. The molecule has 3 amide bonds. The number of piperidine rings is 4. The van der Waals surface area contributed by atoms with Crippen LogP contribution in [0.1, 0.15) is 122 Å². The lowest BCUT2D eigenvalue weighted by Crippen LogP contribution is -2.55. The number of carbonyl (C=O) groups is 5. The Labute approximate surface area is 439 Å². The molecular weight excluding hydrogens is 1010 g/mol. The van der Waals surface area contributed by atoms with E-state index in [0.29, 0.717) is 82.7 Å². The number of aliphatic hydroxyl groups excluding tert-OH is 1. The second-order valence-corrected chi connectivity index (χ2v) is 20.8. The van der Waals surface area contributed by atoms with Crippen LogP contribution in [0.3, 0.4) is 0 Å². The average molecular weight is 1070 g/mol. The van der Waals surface area contributed by atoms with Gasteiger partial charge in [-0.1, -0.05) is 46.4 Å². The SMILES string of the molecule is CCOC(=O)C1CC2CCCC(C1)N2C(=O)c1cc2n(n1)CCN(C(=O)OCc1cc(Cl)cc(Cl)c1)C2.CCOC(=O)C1CC2CCCC(C1)N2C(=O)c1cc2n(n1)CCNC2.OCc1cc(Cl)cc(Cl)c1. The summed E-state index contributed by atoms with van der Waals surface area (Å²) in [4.78, 5) is 69.5. The molecule has 2 N–H and O–H groups in total. The Balaban J connectivity index is 0.000000169. The van der Waals surface area contributed by atoms with E-state index in [9.17, 15) is 24.0 Å². The normalized spacial score (nSPS) is 23.0. The lowest BCUT2D eigenvalue weighted by Gasteiger charge is -2.48. The van der Waals surface area contributed by atoms with Crippen molar-refractivity contribution in [3.63, 3.8) is 0 Å². The monoisotopic (exact) mass is 1070 g/mol. The number of ether oxygens (including phenoxy) is 3. The third-order valence-corrected chi connectivity index (χ3v) is 15.1. The summed E-state index contributed by atoms with van der Waals surface area (Å²) in [6.07, 6.45) is 8.11. The van der Waals surface area contributed by atoms with Crippen LogP contribution in [0.25, 0.3) is 0 Å². The maximum atomic E-state index is 13.6. The lowest BCUT2D eigenvalue weighted by molar-refractivity contribution is -0.152. The molecule has 4 saturated heterocycles. The molecule has 72 heavy (non-hydrogen) atoms. The fourth-order valence-corrected chi connectivity index (χ4v) is 12.2. The molecular formula is C51H62Cl4N8O9. The van der Waals surface area contributed by atoms with E-state index in [1.54, 1.807) is 52.0 Å². The molecule has 8 heterocycles. The minimum Gasteiger partial charge on any atom is -0.466 e. The Bertz CT molecular complexity index is 2520. The number of nitrogens with one attached hydrogen (secondary N) is 1. The maximum absolute atomic E-state index is 13.6. The number of benzene rings is 2. The van der Waals surface area contributed by atoms with Crippen molar-refractivity contribution in [2.45, 2.75) is 142 Å². The van der Waals surface area contributed by atoms with Crippen molar-refractivity contribution in [1.29, 1.82) is 0 Å². The van der Waals surface area contributed by atoms with E-state index in [4.69, 9.17) is 65.7 Å². The molecule has 6 aliphatic heterocycles. The highest BCUT2D eigenvalue weighted by molar-refractivity contribution is 6.35. The van der Waals surface area contributed by atoms with Gasteiger partial charge in [-0.2, -0.15) is 10.2 Å². The van der Waals surface area contributed by atoms with Crippen LogP contribution in [0, 0.1) is 11.8 Å². The van der Waals surface area contributed by atoms with Gasteiger partial charge in [0.25, 0.3) is 11.8 Å². The van der Waals surface area contributed by atoms with E-state index < -0.39 is 6.09 Å². The first-order valence-electron chi connectivity index (χ1n) is 25.0. The molecule has 4 bridgehead atoms. The van der Waals surface area contributed by atoms with Crippen molar-refractivity contribution >= 4 is 76.2 Å². The highest BCUT2D eigenvalue weighted by Crippen LogP contribution is 2.40. The number of rotatable bonds is 9. The van der Waals surface area contributed by atoms with Gasteiger partial charge in [-0.15, -0.1) is 0 Å². The van der Waals surface area contributed by atoms with Gasteiger partial charge >= 0.3 is 18.0 Å². The first-order chi connectivity index (χ1) is 34.7. The van der Waals surface area contributed by atoms with Crippen molar-refractivity contribution in [3.05, 3.63) is 103 Å². The minimum atomic E-state index is -0.452. The average Bonchev–Trinajstić information content (AvgIpc) is 3.99. The molecule has 21 heteroatoms. The third-order valence-electron chi connectivity index (χ3n) is 14.2. The number of aliphatic hydroxyl groups is 1. The summed E-state index contributed by atoms with van der Waals surface area (Å²) in [5.74, 6) is -0.565. The second-order valence-electron chi connectivity index (χ2n) is 19.1. The van der Waals surface area contributed by atoms with Gasteiger partial charge in [0.2, 0.25) is 0 Å². The standard InChI is InChI=1S/C26H30Cl2N4O5.C18H26N4O3.C7H6Cl2O/c1-2-36-25(34)17-10-20-4-3-5-21(11-17)32(20)24(33)23-13-22-14-30(6-7-31(22)29-23)26(35)37-15-16-8-18(27)12-19(28)9-16;1-2-25-18(24)12-8-13-4-3-5-14(9-12)22(13)17(23)16-10-15-11-19-6-7-21(15)20-16;8-6-1-5(4-10)2-7(9)3-6/h8-9,12-13,17,20-21H,2-7,10-11,14-15H2,1H3;10,12-14,19H,2-9,11H2,1H3;1-3,10H,4H2. The van der Waals surface area contributed by atoms with E-state index in [0.717, 1.165) is 88.0 Å². The zero-order valence-electron chi connectivity index (χ0n) is 40.6. The molecule has 0 spiro atoms. The van der Waals surface area contributed by atoms with Gasteiger partial charge < -0.3 is 39.3 Å². The molecule has 6 aliphatic rings. The van der Waals surface area contributed by atoms with Gasteiger partial charge in [0.1, 0.15) is 6.61 Å². The molecule has 17 nitrogen and oxygen atoms in total. The summed E-state index contributed by atoms with van der Waals surface area (Å²) in [5.41, 5.74) is 4.22. The van der Waals surface area contributed by atoms with Crippen LogP contribution < -0.4 is 5.32 Å². The Kier molecular flexibility index (Phi) is 18.1. The molecule has 4 unspecified atom stereocenters. The van der Waals surface area contributed by atoms with Gasteiger partial charge in [0, 0.05) is 63.9 Å². The molecule has 0 saturated carbocycles. The van der Waals surface area contributed by atoms with E-state index in [1.165, 1.54) is 0 Å². The van der Waals surface area contributed by atoms with Crippen molar-refractivity contribution in [2.24, 2.45) is 11.8 Å². The number of hydrogen-bond acceptors (Lipinski definition) is 12. The zero-order valence-corrected chi connectivity index (χ0v) is 43.6. The second kappa shape index (κ2) is 24.4. The Morgan fingerprint density at radius 2 is 1.07 bits per heavy atom. The van der Waals surface area contributed by atoms with Crippen molar-refractivity contribution in [2.75, 3.05) is 26.3 Å². The summed E-state index contributed by atoms with van der Waals surface area (Å²) < 4.78 is 19.7. The summed E-state index contributed by atoms with van der Waals surface area (Å²) in [6, 6.07) is 14.0. The van der Waals surface area contributed by atoms with Gasteiger partial charge in [-0.3, -0.25) is 28.5 Å². The first-order valence-corrected chi connectivity index (χ1v) is 26.5. The van der Waals surface area contributed by atoms with Gasteiger partial charge in [0.05, 0.1) is 62.7 Å². The summed E-state index contributed by atoms with van der Waals surface area (Å²) >= 11 is 23.3. The number of aromatic nitrogens is 4. The molecule has 4 fully saturated rings. The van der Waals surface area contributed by atoms with E-state index >= 15 is 0 Å². The molecule has 2 aromatic heterocycles. The Morgan fingerprint density at radius 3 is 1.53 bits per heavy atom. The van der Waals surface area contributed by atoms with E-state index in [2.05, 4.69) is 15.5 Å². The zero-order chi connectivity index (χ0) is 51.1. The fraction of sp³-hybridized carbons (Fsp3) is 0.549. The first kappa shape index (κ1) is 53.4. The quantitative estimate of drug-likeness (QED) is 0.120. The summed E-state index contributed by atoms with van der Waals surface area (Å²) in [6.45, 7) is 8.12. The molecule has 388 valence electrons. The largest absolute Gasteiger partial charge is 0.466 e. The molecule has 2 aromatic carbocycles. The maximum Gasteiger partial charge on any atom is 0.410 e. The van der Waals surface area contributed by atoms with Gasteiger partial charge in [-0.05, 0) is 138 Å². The number of hydrogen-bond donors (Lipinski definition) is 2. The number of halogens is 4. The van der Waals surface area contributed by atoms with Gasteiger partial charge in [-0.25, -0.2) is 4.79 Å². The molecule has 0 radical (unpaired) electrons. The van der Waals surface area contributed by atoms with Crippen LogP contribution in [-0.2, 0) is 63.2 Å². The van der Waals surface area contributed by atoms with Crippen molar-refractivity contribution in [1.82, 2.24) is 39.6 Å². The fourth-order valence-electron chi connectivity index (χ4n) is 11.1. The predicted molar refractivity (Wildman–Crippen MR) is 270 cm³/mol.